The van der Waals surface area contributed by atoms with Crippen LogP contribution < -0.4 is 5.32 Å². The highest BCUT2D eigenvalue weighted by Crippen LogP contribution is 2.11. The smallest absolute Gasteiger partial charge is 0.326 e. The molecule has 152 valence electrons. The first-order valence-corrected chi connectivity index (χ1v) is 9.66. The third kappa shape index (κ3) is 15.9. The molecule has 1 amide bonds. The number of carboxylic acids is 2. The predicted molar refractivity (Wildman–Crippen MR) is 101 cm³/mol. The Morgan fingerprint density at radius 3 is 1.77 bits per heavy atom. The van der Waals surface area contributed by atoms with Gasteiger partial charge in [-0.2, -0.15) is 0 Å². The molecule has 3 N–H and O–H groups in total. The van der Waals surface area contributed by atoms with E-state index in [0.717, 1.165) is 23.7 Å². The molecule has 7 heteroatoms. The molecule has 26 heavy (non-hydrogen) atoms. The van der Waals surface area contributed by atoms with Gasteiger partial charge in [0, 0.05) is 12.8 Å². The van der Waals surface area contributed by atoms with Crippen molar-refractivity contribution in [2.45, 2.75) is 76.7 Å². The molecule has 7 nitrogen and oxygen atoms in total. The molecule has 0 aromatic heterocycles. The average molecular weight is 374 g/mol. The fourth-order valence-corrected chi connectivity index (χ4v) is 2.72. The summed E-state index contributed by atoms with van der Waals surface area (Å²) >= 11 is 0. The van der Waals surface area contributed by atoms with Crippen LogP contribution >= 0.6 is 0 Å². The molecule has 0 aliphatic rings. The van der Waals surface area contributed by atoms with E-state index in [0.29, 0.717) is 6.42 Å². The Hall–Kier alpha value is -1.63. The molecule has 0 bridgehead atoms. The van der Waals surface area contributed by atoms with Crippen LogP contribution in [0.4, 0.5) is 0 Å². The number of quaternary nitrogens is 1. The maximum atomic E-state index is 11.8. The van der Waals surface area contributed by atoms with E-state index < -0.39 is 18.0 Å². The van der Waals surface area contributed by atoms with Gasteiger partial charge in [0.15, 0.2) is 0 Å². The summed E-state index contributed by atoms with van der Waals surface area (Å²) in [6.45, 7) is 1.21. The summed E-state index contributed by atoms with van der Waals surface area (Å²) in [6.07, 6.45) is 8.88. The van der Waals surface area contributed by atoms with Crippen LogP contribution in [0.25, 0.3) is 0 Å². The van der Waals surface area contributed by atoms with Crippen molar-refractivity contribution in [3.63, 3.8) is 0 Å². The SMILES string of the molecule is C[N+](C)(C)CCCCCCCCCCC(=O)N[C@@H](CCC(=O)O)C(=O)O. The van der Waals surface area contributed by atoms with Gasteiger partial charge >= 0.3 is 11.9 Å². The van der Waals surface area contributed by atoms with Crippen molar-refractivity contribution in [3.8, 4) is 0 Å². The summed E-state index contributed by atoms with van der Waals surface area (Å²) in [5, 5.41) is 20.0. The zero-order valence-corrected chi connectivity index (χ0v) is 16.6. The molecular weight excluding hydrogens is 336 g/mol. The second-order valence-electron chi connectivity index (χ2n) is 7.98. The summed E-state index contributed by atoms with van der Waals surface area (Å²) in [7, 11) is 6.63. The minimum Gasteiger partial charge on any atom is -0.481 e. The van der Waals surface area contributed by atoms with Crippen molar-refractivity contribution in [1.29, 1.82) is 0 Å². The molecular formula is C19H37N2O5+. The van der Waals surface area contributed by atoms with Crippen molar-refractivity contribution in [2.24, 2.45) is 0 Å². The number of nitrogens with zero attached hydrogens (tertiary/aromatic N) is 1. The number of nitrogens with one attached hydrogen (secondary N) is 1. The van der Waals surface area contributed by atoms with Crippen LogP contribution in [0.15, 0.2) is 0 Å². The van der Waals surface area contributed by atoms with Crippen LogP contribution in [0.3, 0.4) is 0 Å². The van der Waals surface area contributed by atoms with Crippen LogP contribution in [0.2, 0.25) is 0 Å². The Kier molecular flexibility index (Phi) is 12.7. The van der Waals surface area contributed by atoms with Crippen molar-refractivity contribution in [1.82, 2.24) is 5.32 Å². The molecule has 0 heterocycles. The van der Waals surface area contributed by atoms with E-state index in [9.17, 15) is 14.4 Å². The highest BCUT2D eigenvalue weighted by molar-refractivity contribution is 5.83. The molecule has 0 unspecified atom stereocenters. The fourth-order valence-electron chi connectivity index (χ4n) is 2.72. The highest BCUT2D eigenvalue weighted by atomic mass is 16.4. The van der Waals surface area contributed by atoms with Gasteiger partial charge in [-0.3, -0.25) is 9.59 Å². The highest BCUT2D eigenvalue weighted by Gasteiger charge is 2.20. The molecule has 0 aromatic rings. The average Bonchev–Trinajstić information content (AvgIpc) is 2.51. The standard InChI is InChI=1S/C19H36N2O5/c1-21(2,3)15-11-9-7-5-4-6-8-10-12-17(22)20-16(19(25)26)13-14-18(23)24/h16H,4-15H2,1-3H3,(H2-,20,22,23,24,25,26)/p+1/t16-/m0/s1. The molecule has 0 aromatic carbocycles. The van der Waals surface area contributed by atoms with Gasteiger partial charge in [-0.25, -0.2) is 4.79 Å². The minimum absolute atomic E-state index is 0.0928. The lowest BCUT2D eigenvalue weighted by Gasteiger charge is -2.23. The lowest BCUT2D eigenvalue weighted by atomic mass is 10.1. The number of unbranched alkanes of at least 4 members (excludes halogenated alkanes) is 7. The molecule has 0 saturated heterocycles. The quantitative estimate of drug-likeness (QED) is 0.285. The molecule has 0 rings (SSSR count). The molecule has 0 aliphatic carbocycles. The molecule has 0 radical (unpaired) electrons. The summed E-state index contributed by atoms with van der Waals surface area (Å²) in [5.41, 5.74) is 0. The van der Waals surface area contributed by atoms with E-state index in [-0.39, 0.29) is 18.7 Å². The van der Waals surface area contributed by atoms with Crippen LogP contribution in [-0.2, 0) is 14.4 Å². The number of hydrogen-bond acceptors (Lipinski definition) is 3. The van der Waals surface area contributed by atoms with E-state index in [4.69, 9.17) is 10.2 Å². The first-order chi connectivity index (χ1) is 12.1. The Morgan fingerprint density at radius 2 is 1.31 bits per heavy atom. The zero-order chi connectivity index (χ0) is 20.0. The van der Waals surface area contributed by atoms with E-state index in [1.54, 1.807) is 0 Å². The Morgan fingerprint density at radius 1 is 0.808 bits per heavy atom. The number of rotatable bonds is 16. The lowest BCUT2D eigenvalue weighted by Crippen LogP contribution is -2.41. The third-order valence-corrected chi connectivity index (χ3v) is 4.26. The van der Waals surface area contributed by atoms with Crippen LogP contribution in [0.5, 0.6) is 0 Å². The number of carbonyl (C=O) groups is 3. The first-order valence-electron chi connectivity index (χ1n) is 9.66. The Labute approximate surface area is 157 Å². The third-order valence-electron chi connectivity index (χ3n) is 4.26. The molecule has 0 fully saturated rings. The Bertz CT molecular complexity index is 432. The number of aliphatic carboxylic acids is 2. The van der Waals surface area contributed by atoms with Gasteiger partial charge in [0.1, 0.15) is 6.04 Å². The monoisotopic (exact) mass is 373 g/mol. The number of hydrogen-bond donors (Lipinski definition) is 3. The second-order valence-corrected chi connectivity index (χ2v) is 7.98. The van der Waals surface area contributed by atoms with Gasteiger partial charge in [-0.1, -0.05) is 32.1 Å². The fraction of sp³-hybridized carbons (Fsp3) is 0.842. The van der Waals surface area contributed by atoms with Crippen molar-refractivity contribution in [2.75, 3.05) is 27.7 Å². The van der Waals surface area contributed by atoms with E-state index in [2.05, 4.69) is 26.5 Å². The normalized spacial score (nSPS) is 12.6. The largest absolute Gasteiger partial charge is 0.481 e. The van der Waals surface area contributed by atoms with Gasteiger partial charge in [0.2, 0.25) is 5.91 Å². The van der Waals surface area contributed by atoms with Gasteiger partial charge in [0.05, 0.1) is 27.7 Å². The van der Waals surface area contributed by atoms with E-state index >= 15 is 0 Å². The van der Waals surface area contributed by atoms with Gasteiger partial charge in [0.25, 0.3) is 0 Å². The van der Waals surface area contributed by atoms with E-state index in [1.165, 1.54) is 38.6 Å². The number of carbonyl (C=O) groups excluding carboxylic acids is 1. The first kappa shape index (κ1) is 24.4. The summed E-state index contributed by atoms with van der Waals surface area (Å²) in [4.78, 5) is 33.3. The Balaban J connectivity index is 3.63. The molecule has 0 saturated carbocycles. The lowest BCUT2D eigenvalue weighted by molar-refractivity contribution is -0.870. The summed E-state index contributed by atoms with van der Waals surface area (Å²) in [5.74, 6) is -2.57. The molecule has 1 atom stereocenters. The minimum atomic E-state index is -1.19. The van der Waals surface area contributed by atoms with E-state index in [1.807, 2.05) is 0 Å². The van der Waals surface area contributed by atoms with Crippen LogP contribution in [0.1, 0.15) is 70.6 Å². The second kappa shape index (κ2) is 13.6. The van der Waals surface area contributed by atoms with Crippen molar-refractivity contribution >= 4 is 17.8 Å². The maximum absolute atomic E-state index is 11.8. The molecule has 0 spiro atoms. The van der Waals surface area contributed by atoms with Crippen molar-refractivity contribution in [3.05, 3.63) is 0 Å². The predicted octanol–water partition coefficient (Wildman–Crippen LogP) is 2.64. The maximum Gasteiger partial charge on any atom is 0.326 e. The number of amides is 1. The summed E-state index contributed by atoms with van der Waals surface area (Å²) < 4.78 is 1.01. The van der Waals surface area contributed by atoms with Gasteiger partial charge in [-0.05, 0) is 25.7 Å². The summed E-state index contributed by atoms with van der Waals surface area (Å²) in [6, 6.07) is -1.12. The van der Waals surface area contributed by atoms with Crippen LogP contribution in [0, 0.1) is 0 Å². The molecule has 0 aliphatic heterocycles. The number of carboxylic acid groups (broad SMARTS) is 2. The topological polar surface area (TPSA) is 104 Å². The van der Waals surface area contributed by atoms with Gasteiger partial charge < -0.3 is 20.0 Å². The van der Waals surface area contributed by atoms with Crippen LogP contribution in [-0.4, -0.2) is 66.3 Å². The van der Waals surface area contributed by atoms with Gasteiger partial charge in [-0.15, -0.1) is 0 Å². The van der Waals surface area contributed by atoms with Crippen molar-refractivity contribution < 1.29 is 29.1 Å². The zero-order valence-electron chi connectivity index (χ0n) is 16.6.